The van der Waals surface area contributed by atoms with Crippen LogP contribution in [0.25, 0.3) is 0 Å². The van der Waals surface area contributed by atoms with Gasteiger partial charge in [-0.25, -0.2) is 9.37 Å². The number of aromatic nitrogens is 2. The van der Waals surface area contributed by atoms with Crippen molar-refractivity contribution in [1.29, 1.82) is 0 Å². The van der Waals surface area contributed by atoms with Crippen molar-refractivity contribution >= 4 is 0 Å². The summed E-state index contributed by atoms with van der Waals surface area (Å²) < 4.78 is 15.3. The molecule has 0 aliphatic carbocycles. The van der Waals surface area contributed by atoms with Crippen molar-refractivity contribution in [2.75, 3.05) is 0 Å². The van der Waals surface area contributed by atoms with Crippen LogP contribution < -0.4 is 0 Å². The third kappa shape index (κ3) is 6.67. The van der Waals surface area contributed by atoms with Crippen LogP contribution in [0.4, 0.5) is 4.39 Å². The highest BCUT2D eigenvalue weighted by Crippen LogP contribution is 2.21. The van der Waals surface area contributed by atoms with E-state index in [2.05, 4.69) is 40.7 Å². The normalized spacial score (nSPS) is 12.2. The molecule has 3 rings (SSSR count). The monoisotopic (exact) mass is 364 g/mol. The molecule has 3 heteroatoms. The molecular weight excluding hydrogens is 335 g/mol. The highest BCUT2D eigenvalue weighted by Gasteiger charge is 2.10. The second kappa shape index (κ2) is 10.1. The van der Waals surface area contributed by atoms with Gasteiger partial charge in [-0.1, -0.05) is 48.4 Å². The predicted octanol–water partition coefficient (Wildman–Crippen LogP) is 5.99. The molecule has 1 unspecified atom stereocenters. The van der Waals surface area contributed by atoms with Crippen LogP contribution in [0.3, 0.4) is 0 Å². The predicted molar refractivity (Wildman–Crippen MR) is 109 cm³/mol. The number of nitrogens with zero attached hydrogens (tertiary/aromatic N) is 2. The van der Waals surface area contributed by atoms with Gasteiger partial charge in [0.2, 0.25) is 0 Å². The molecule has 0 saturated carbocycles. The van der Waals surface area contributed by atoms with Gasteiger partial charge in [0.15, 0.2) is 0 Å². The van der Waals surface area contributed by atoms with E-state index < -0.39 is 0 Å². The van der Waals surface area contributed by atoms with Gasteiger partial charge >= 0.3 is 0 Å². The van der Waals surface area contributed by atoms with Crippen molar-refractivity contribution in [2.24, 2.45) is 5.92 Å². The SMILES string of the molecule is Cc1ccc(CCCC(CCc2ccc(F)cc2)CCn2ccnc2)cc1. The maximum absolute atomic E-state index is 13.1. The van der Waals surface area contributed by atoms with E-state index in [0.29, 0.717) is 5.92 Å². The fourth-order valence-corrected chi connectivity index (χ4v) is 3.56. The molecule has 2 nitrogen and oxygen atoms in total. The molecule has 0 saturated heterocycles. The molecule has 2 aromatic carbocycles. The summed E-state index contributed by atoms with van der Waals surface area (Å²) >= 11 is 0. The Bertz CT molecular complexity index is 776. The number of aryl methyl sites for hydroxylation is 4. The van der Waals surface area contributed by atoms with Gasteiger partial charge in [-0.2, -0.15) is 0 Å². The fraction of sp³-hybridized carbons (Fsp3) is 0.375. The van der Waals surface area contributed by atoms with Crippen molar-refractivity contribution < 1.29 is 4.39 Å². The molecule has 0 radical (unpaired) electrons. The summed E-state index contributed by atoms with van der Waals surface area (Å²) in [4.78, 5) is 4.14. The third-order valence-corrected chi connectivity index (χ3v) is 5.31. The Kier molecular flexibility index (Phi) is 7.20. The van der Waals surface area contributed by atoms with Crippen LogP contribution in [0.2, 0.25) is 0 Å². The minimum absolute atomic E-state index is 0.159. The topological polar surface area (TPSA) is 17.8 Å². The van der Waals surface area contributed by atoms with E-state index in [0.717, 1.165) is 32.2 Å². The second-order valence-electron chi connectivity index (χ2n) is 7.50. The lowest BCUT2D eigenvalue weighted by molar-refractivity contribution is 0.383. The largest absolute Gasteiger partial charge is 0.337 e. The number of halogens is 1. The maximum atomic E-state index is 13.1. The summed E-state index contributed by atoms with van der Waals surface area (Å²) in [6.07, 6.45) is 12.7. The van der Waals surface area contributed by atoms with E-state index in [1.54, 1.807) is 12.1 Å². The van der Waals surface area contributed by atoms with Crippen LogP contribution in [0, 0.1) is 18.7 Å². The Morgan fingerprint density at radius 3 is 2.30 bits per heavy atom. The summed E-state index contributed by atoms with van der Waals surface area (Å²) in [5.74, 6) is 0.511. The summed E-state index contributed by atoms with van der Waals surface area (Å²) in [7, 11) is 0. The number of hydrogen-bond donors (Lipinski definition) is 0. The van der Waals surface area contributed by atoms with Gasteiger partial charge in [-0.3, -0.25) is 0 Å². The molecule has 0 fully saturated rings. The first-order valence-electron chi connectivity index (χ1n) is 9.95. The third-order valence-electron chi connectivity index (χ3n) is 5.31. The first-order valence-corrected chi connectivity index (χ1v) is 9.95. The number of hydrogen-bond acceptors (Lipinski definition) is 1. The zero-order valence-corrected chi connectivity index (χ0v) is 16.2. The zero-order valence-electron chi connectivity index (χ0n) is 16.2. The van der Waals surface area contributed by atoms with E-state index in [4.69, 9.17) is 0 Å². The van der Waals surface area contributed by atoms with Gasteiger partial charge in [-0.05, 0) is 68.2 Å². The molecule has 0 spiro atoms. The van der Waals surface area contributed by atoms with E-state index in [1.807, 2.05) is 30.9 Å². The Morgan fingerprint density at radius 1 is 0.889 bits per heavy atom. The van der Waals surface area contributed by atoms with E-state index in [-0.39, 0.29) is 5.82 Å². The lowest BCUT2D eigenvalue weighted by Gasteiger charge is -2.17. The minimum Gasteiger partial charge on any atom is -0.337 e. The van der Waals surface area contributed by atoms with Gasteiger partial charge in [-0.15, -0.1) is 0 Å². The lowest BCUT2D eigenvalue weighted by Crippen LogP contribution is -2.08. The highest BCUT2D eigenvalue weighted by atomic mass is 19.1. The van der Waals surface area contributed by atoms with Crippen LogP contribution >= 0.6 is 0 Å². The molecule has 27 heavy (non-hydrogen) atoms. The van der Waals surface area contributed by atoms with Gasteiger partial charge in [0.1, 0.15) is 5.82 Å². The Balaban J connectivity index is 1.51. The summed E-state index contributed by atoms with van der Waals surface area (Å²) in [5.41, 5.74) is 3.96. The molecule has 1 heterocycles. The molecule has 1 atom stereocenters. The Hall–Kier alpha value is -2.42. The van der Waals surface area contributed by atoms with Gasteiger partial charge in [0.05, 0.1) is 6.33 Å². The Morgan fingerprint density at radius 2 is 1.59 bits per heavy atom. The average molecular weight is 365 g/mol. The molecule has 0 N–H and O–H groups in total. The number of rotatable bonds is 10. The number of benzene rings is 2. The van der Waals surface area contributed by atoms with Crippen LogP contribution in [-0.2, 0) is 19.4 Å². The van der Waals surface area contributed by atoms with Gasteiger partial charge in [0.25, 0.3) is 0 Å². The molecule has 0 bridgehead atoms. The molecule has 142 valence electrons. The zero-order chi connectivity index (χ0) is 18.9. The van der Waals surface area contributed by atoms with Crippen molar-refractivity contribution in [3.8, 4) is 0 Å². The smallest absolute Gasteiger partial charge is 0.123 e. The summed E-state index contributed by atoms with van der Waals surface area (Å²) in [6.45, 7) is 3.14. The molecule has 0 aliphatic heterocycles. The maximum Gasteiger partial charge on any atom is 0.123 e. The fourth-order valence-electron chi connectivity index (χ4n) is 3.56. The van der Waals surface area contributed by atoms with Crippen molar-refractivity contribution in [1.82, 2.24) is 9.55 Å². The second-order valence-corrected chi connectivity index (χ2v) is 7.50. The molecule has 1 aromatic heterocycles. The molecule has 0 aliphatic rings. The first kappa shape index (κ1) is 19.3. The lowest BCUT2D eigenvalue weighted by atomic mass is 9.90. The van der Waals surface area contributed by atoms with Crippen molar-refractivity contribution in [3.63, 3.8) is 0 Å². The van der Waals surface area contributed by atoms with Crippen molar-refractivity contribution in [3.05, 3.63) is 89.8 Å². The molecule has 0 amide bonds. The van der Waals surface area contributed by atoms with Crippen LogP contribution in [-0.4, -0.2) is 9.55 Å². The standard InChI is InChI=1S/C24H29FN2/c1-20-5-7-21(8-6-20)3-2-4-22(15-17-27-18-16-26-19-27)9-10-23-11-13-24(25)14-12-23/h5-8,11-14,16,18-19,22H,2-4,9-10,15,17H2,1H3. The number of imidazole rings is 1. The van der Waals surface area contributed by atoms with Gasteiger partial charge in [0, 0.05) is 18.9 Å². The van der Waals surface area contributed by atoms with Crippen LogP contribution in [0.15, 0.2) is 67.3 Å². The molecule has 3 aromatic rings. The quantitative estimate of drug-likeness (QED) is 0.432. The Labute approximate surface area is 162 Å². The van der Waals surface area contributed by atoms with E-state index >= 15 is 0 Å². The minimum atomic E-state index is -0.159. The highest BCUT2D eigenvalue weighted by molar-refractivity contribution is 5.21. The van der Waals surface area contributed by atoms with Crippen LogP contribution in [0.5, 0.6) is 0 Å². The first-order chi connectivity index (χ1) is 13.2. The summed E-state index contributed by atoms with van der Waals surface area (Å²) in [6, 6.07) is 15.8. The summed E-state index contributed by atoms with van der Waals surface area (Å²) in [5, 5.41) is 0. The van der Waals surface area contributed by atoms with E-state index in [1.165, 1.54) is 29.5 Å². The van der Waals surface area contributed by atoms with Gasteiger partial charge < -0.3 is 4.57 Å². The van der Waals surface area contributed by atoms with Crippen LogP contribution in [0.1, 0.15) is 42.4 Å². The van der Waals surface area contributed by atoms with Crippen molar-refractivity contribution in [2.45, 2.75) is 52.0 Å². The molecular formula is C24H29FN2. The van der Waals surface area contributed by atoms with E-state index in [9.17, 15) is 4.39 Å². The average Bonchev–Trinajstić information content (AvgIpc) is 3.20.